The van der Waals surface area contributed by atoms with Crippen LogP contribution in [0.3, 0.4) is 0 Å². The van der Waals surface area contributed by atoms with Crippen molar-refractivity contribution < 1.29 is 0 Å². The average molecular weight is 257 g/mol. The number of nitrogens with zero attached hydrogens (tertiary/aromatic N) is 2. The van der Waals surface area contributed by atoms with Gasteiger partial charge in [-0.25, -0.2) is 4.98 Å². The van der Waals surface area contributed by atoms with Crippen LogP contribution in [-0.2, 0) is 0 Å². The van der Waals surface area contributed by atoms with Crippen molar-refractivity contribution in [1.82, 2.24) is 9.55 Å². The number of hydrogen-bond donors (Lipinski definition) is 1. The molecule has 3 nitrogen and oxygen atoms in total. The molecule has 1 heterocycles. The molecular formula is C16H23N3. The third-order valence-corrected chi connectivity index (χ3v) is 3.10. The Bertz CT molecular complexity index is 500. The molecule has 2 aromatic rings. The maximum absolute atomic E-state index is 4.56. The maximum Gasteiger partial charge on any atom is 0.207 e. The lowest BCUT2D eigenvalue weighted by Crippen LogP contribution is -2.08. The van der Waals surface area contributed by atoms with Gasteiger partial charge in [-0.15, -0.1) is 0 Å². The van der Waals surface area contributed by atoms with E-state index in [1.807, 2.05) is 25.1 Å². The molecule has 0 atom stereocenters. The first-order chi connectivity index (χ1) is 9.16. The summed E-state index contributed by atoms with van der Waals surface area (Å²) in [5, 5.41) is 3.44. The van der Waals surface area contributed by atoms with Gasteiger partial charge in [-0.2, -0.15) is 0 Å². The fraction of sp³-hybridized carbons (Fsp3) is 0.438. The van der Waals surface area contributed by atoms with Gasteiger partial charge in [0.2, 0.25) is 5.95 Å². The van der Waals surface area contributed by atoms with E-state index < -0.39 is 0 Å². The van der Waals surface area contributed by atoms with Crippen molar-refractivity contribution in [2.75, 3.05) is 11.9 Å². The van der Waals surface area contributed by atoms with Crippen LogP contribution in [0, 0.1) is 12.8 Å². The van der Waals surface area contributed by atoms with Crippen LogP contribution in [-0.4, -0.2) is 16.1 Å². The molecule has 0 bridgehead atoms. The molecule has 0 radical (unpaired) electrons. The van der Waals surface area contributed by atoms with Crippen molar-refractivity contribution >= 4 is 5.95 Å². The highest BCUT2D eigenvalue weighted by Crippen LogP contribution is 2.16. The second kappa shape index (κ2) is 6.41. The Balaban J connectivity index is 2.05. The van der Waals surface area contributed by atoms with E-state index in [0.29, 0.717) is 0 Å². The van der Waals surface area contributed by atoms with Crippen molar-refractivity contribution in [3.05, 3.63) is 42.2 Å². The van der Waals surface area contributed by atoms with Crippen LogP contribution in [0.15, 0.2) is 36.5 Å². The number of hydrogen-bond acceptors (Lipinski definition) is 2. The van der Waals surface area contributed by atoms with E-state index in [0.717, 1.165) is 29.8 Å². The van der Waals surface area contributed by atoms with Crippen molar-refractivity contribution in [1.29, 1.82) is 0 Å². The first-order valence-electron chi connectivity index (χ1n) is 7.02. The lowest BCUT2D eigenvalue weighted by molar-refractivity contribution is 0.566. The molecule has 0 spiro atoms. The van der Waals surface area contributed by atoms with E-state index >= 15 is 0 Å². The van der Waals surface area contributed by atoms with E-state index in [1.165, 1.54) is 12.8 Å². The zero-order valence-electron chi connectivity index (χ0n) is 12.1. The molecule has 0 fully saturated rings. The Labute approximate surface area is 115 Å². The highest BCUT2D eigenvalue weighted by molar-refractivity contribution is 5.42. The SMILES string of the molecule is Cc1cn(-c2ccccc2)c(NCCCC(C)C)n1. The molecule has 0 saturated carbocycles. The molecule has 1 aromatic carbocycles. The van der Waals surface area contributed by atoms with Crippen LogP contribution in [0.4, 0.5) is 5.95 Å². The Kier molecular flexibility index (Phi) is 4.61. The number of benzene rings is 1. The first kappa shape index (κ1) is 13.7. The van der Waals surface area contributed by atoms with Crippen molar-refractivity contribution in [3.8, 4) is 5.69 Å². The Morgan fingerprint density at radius 3 is 2.63 bits per heavy atom. The molecule has 102 valence electrons. The van der Waals surface area contributed by atoms with Crippen LogP contribution >= 0.6 is 0 Å². The summed E-state index contributed by atoms with van der Waals surface area (Å²) in [7, 11) is 0. The summed E-state index contributed by atoms with van der Waals surface area (Å²) in [6.07, 6.45) is 4.50. The molecule has 0 aliphatic heterocycles. The minimum atomic E-state index is 0.761. The number of imidazole rings is 1. The average Bonchev–Trinajstić information content (AvgIpc) is 2.77. The van der Waals surface area contributed by atoms with Gasteiger partial charge in [0, 0.05) is 18.4 Å². The summed E-state index contributed by atoms with van der Waals surface area (Å²) in [6.45, 7) is 7.52. The van der Waals surface area contributed by atoms with Gasteiger partial charge in [-0.3, -0.25) is 4.57 Å². The third-order valence-electron chi connectivity index (χ3n) is 3.10. The summed E-state index contributed by atoms with van der Waals surface area (Å²) >= 11 is 0. The molecule has 0 saturated heterocycles. The first-order valence-corrected chi connectivity index (χ1v) is 7.02. The standard InChI is InChI=1S/C16H23N3/c1-13(2)8-7-11-17-16-18-14(3)12-19(16)15-9-5-4-6-10-15/h4-6,9-10,12-13H,7-8,11H2,1-3H3,(H,17,18). The van der Waals surface area contributed by atoms with E-state index in [-0.39, 0.29) is 0 Å². The largest absolute Gasteiger partial charge is 0.355 e. The number of anilines is 1. The zero-order chi connectivity index (χ0) is 13.7. The quantitative estimate of drug-likeness (QED) is 0.792. The maximum atomic E-state index is 4.56. The van der Waals surface area contributed by atoms with Crippen LogP contribution < -0.4 is 5.32 Å². The molecule has 0 unspecified atom stereocenters. The monoisotopic (exact) mass is 257 g/mol. The summed E-state index contributed by atoms with van der Waals surface area (Å²) in [4.78, 5) is 4.56. The molecule has 0 amide bonds. The van der Waals surface area contributed by atoms with Gasteiger partial charge in [0.15, 0.2) is 0 Å². The molecule has 19 heavy (non-hydrogen) atoms. The van der Waals surface area contributed by atoms with Gasteiger partial charge in [0.25, 0.3) is 0 Å². The highest BCUT2D eigenvalue weighted by Gasteiger charge is 2.06. The second-order valence-corrected chi connectivity index (χ2v) is 5.37. The van der Waals surface area contributed by atoms with Gasteiger partial charge in [0.05, 0.1) is 5.69 Å². The van der Waals surface area contributed by atoms with E-state index in [1.54, 1.807) is 0 Å². The molecule has 0 aliphatic rings. The molecular weight excluding hydrogens is 234 g/mol. The smallest absolute Gasteiger partial charge is 0.207 e. The van der Waals surface area contributed by atoms with Crippen molar-refractivity contribution in [2.45, 2.75) is 33.6 Å². The van der Waals surface area contributed by atoms with Crippen LogP contribution in [0.5, 0.6) is 0 Å². The van der Waals surface area contributed by atoms with Gasteiger partial charge in [-0.1, -0.05) is 32.0 Å². The molecule has 2 rings (SSSR count). The predicted molar refractivity (Wildman–Crippen MR) is 80.9 cm³/mol. The van der Waals surface area contributed by atoms with Crippen LogP contribution in [0.1, 0.15) is 32.4 Å². The van der Waals surface area contributed by atoms with Crippen LogP contribution in [0.25, 0.3) is 5.69 Å². The minimum absolute atomic E-state index is 0.761. The summed E-state index contributed by atoms with van der Waals surface area (Å²) in [5.41, 5.74) is 2.18. The Hall–Kier alpha value is -1.77. The zero-order valence-corrected chi connectivity index (χ0v) is 12.1. The molecule has 1 N–H and O–H groups in total. The number of aryl methyl sites for hydroxylation is 1. The normalized spacial score (nSPS) is 10.9. The van der Waals surface area contributed by atoms with Gasteiger partial charge in [0.1, 0.15) is 0 Å². The summed E-state index contributed by atoms with van der Waals surface area (Å²) in [5.74, 6) is 1.70. The summed E-state index contributed by atoms with van der Waals surface area (Å²) < 4.78 is 2.12. The summed E-state index contributed by atoms with van der Waals surface area (Å²) in [6, 6.07) is 10.3. The number of para-hydroxylation sites is 1. The molecule has 0 aliphatic carbocycles. The van der Waals surface area contributed by atoms with Crippen LogP contribution in [0.2, 0.25) is 0 Å². The lowest BCUT2D eigenvalue weighted by atomic mass is 10.1. The van der Waals surface area contributed by atoms with E-state index in [4.69, 9.17) is 0 Å². The fourth-order valence-corrected chi connectivity index (χ4v) is 2.12. The topological polar surface area (TPSA) is 29.9 Å². The molecule has 3 heteroatoms. The Morgan fingerprint density at radius 2 is 1.95 bits per heavy atom. The lowest BCUT2D eigenvalue weighted by Gasteiger charge is -2.10. The fourth-order valence-electron chi connectivity index (χ4n) is 2.12. The van der Waals surface area contributed by atoms with E-state index in [2.05, 4.69) is 47.0 Å². The number of rotatable bonds is 6. The third kappa shape index (κ3) is 3.85. The van der Waals surface area contributed by atoms with E-state index in [9.17, 15) is 0 Å². The minimum Gasteiger partial charge on any atom is -0.355 e. The van der Waals surface area contributed by atoms with Gasteiger partial charge >= 0.3 is 0 Å². The number of nitrogens with one attached hydrogen (secondary N) is 1. The second-order valence-electron chi connectivity index (χ2n) is 5.37. The van der Waals surface area contributed by atoms with Crippen molar-refractivity contribution in [3.63, 3.8) is 0 Å². The van der Waals surface area contributed by atoms with Gasteiger partial charge < -0.3 is 5.32 Å². The highest BCUT2D eigenvalue weighted by atomic mass is 15.2. The van der Waals surface area contributed by atoms with Crippen molar-refractivity contribution in [2.24, 2.45) is 5.92 Å². The molecule has 1 aromatic heterocycles. The van der Waals surface area contributed by atoms with Gasteiger partial charge in [-0.05, 0) is 37.8 Å². The predicted octanol–water partition coefficient (Wildman–Crippen LogP) is 4.03. The Morgan fingerprint density at radius 1 is 1.21 bits per heavy atom. The number of aromatic nitrogens is 2.